The van der Waals surface area contributed by atoms with E-state index in [-0.39, 0.29) is 6.42 Å². The maximum absolute atomic E-state index is 13.4. The van der Waals surface area contributed by atoms with Crippen LogP contribution < -0.4 is 16.4 Å². The topological polar surface area (TPSA) is 111 Å². The molecule has 1 rings (SSSR count). The number of nitrogens with one attached hydrogen (secondary N) is 2. The zero-order chi connectivity index (χ0) is 18.8. The molecule has 0 aliphatic heterocycles. The lowest BCUT2D eigenvalue weighted by Gasteiger charge is -2.08. The molecule has 0 spiro atoms. The molecule has 0 bridgehead atoms. The molecule has 7 nitrogen and oxygen atoms in total. The van der Waals surface area contributed by atoms with E-state index in [0.29, 0.717) is 31.9 Å². The van der Waals surface area contributed by atoms with Crippen molar-refractivity contribution in [3.05, 3.63) is 29.6 Å². The van der Waals surface area contributed by atoms with Gasteiger partial charge in [-0.2, -0.15) is 0 Å². The number of amides is 3. The summed E-state index contributed by atoms with van der Waals surface area (Å²) >= 11 is 0. The standard InChI is InChI=1S/C15H18F3N3O4/c16-9-5-6-10(14(18)13(9)17)21-11(22)8-25-12(23)4-2-1-3-7-20-15(19)24/h5-6H,1-4,7-8H2,(H,21,22)(H3,19,20,24). The average Bonchev–Trinajstić information content (AvgIpc) is 2.56. The molecule has 1 aromatic carbocycles. The molecule has 0 heterocycles. The number of hydrogen-bond donors (Lipinski definition) is 3. The summed E-state index contributed by atoms with van der Waals surface area (Å²) in [6, 6.07) is 0.892. The Kier molecular flexibility index (Phi) is 8.24. The fraction of sp³-hybridized carbons (Fsp3) is 0.400. The summed E-state index contributed by atoms with van der Waals surface area (Å²) in [5.74, 6) is -6.15. The molecule has 0 aromatic heterocycles. The van der Waals surface area contributed by atoms with Crippen molar-refractivity contribution in [3.8, 4) is 0 Å². The van der Waals surface area contributed by atoms with Gasteiger partial charge in [-0.25, -0.2) is 18.0 Å². The number of carbonyl (C=O) groups is 3. The highest BCUT2D eigenvalue weighted by atomic mass is 19.2. The number of nitrogens with two attached hydrogens (primary N) is 1. The number of benzene rings is 1. The zero-order valence-electron chi connectivity index (χ0n) is 13.2. The predicted molar refractivity (Wildman–Crippen MR) is 82.0 cm³/mol. The Hall–Kier alpha value is -2.78. The van der Waals surface area contributed by atoms with Gasteiger partial charge in [0.15, 0.2) is 24.1 Å². The van der Waals surface area contributed by atoms with Crippen molar-refractivity contribution in [2.75, 3.05) is 18.5 Å². The van der Waals surface area contributed by atoms with Crippen LogP contribution in [0.4, 0.5) is 23.7 Å². The summed E-state index contributed by atoms with van der Waals surface area (Å²) in [5.41, 5.74) is 4.32. The monoisotopic (exact) mass is 361 g/mol. The zero-order valence-corrected chi connectivity index (χ0v) is 13.2. The van der Waals surface area contributed by atoms with Gasteiger partial charge in [0.1, 0.15) is 0 Å². The molecule has 0 radical (unpaired) electrons. The van der Waals surface area contributed by atoms with Gasteiger partial charge in [0.2, 0.25) is 0 Å². The van der Waals surface area contributed by atoms with Crippen molar-refractivity contribution in [3.63, 3.8) is 0 Å². The maximum Gasteiger partial charge on any atom is 0.312 e. The third kappa shape index (κ3) is 7.55. The Morgan fingerprint density at radius 1 is 1.04 bits per heavy atom. The van der Waals surface area contributed by atoms with Gasteiger partial charge in [0.05, 0.1) is 5.69 Å². The van der Waals surface area contributed by atoms with Gasteiger partial charge in [0.25, 0.3) is 5.91 Å². The van der Waals surface area contributed by atoms with Gasteiger partial charge in [-0.3, -0.25) is 9.59 Å². The van der Waals surface area contributed by atoms with E-state index in [1.165, 1.54) is 0 Å². The van der Waals surface area contributed by atoms with Gasteiger partial charge in [0, 0.05) is 13.0 Å². The highest BCUT2D eigenvalue weighted by Crippen LogP contribution is 2.19. The fourth-order valence-electron chi connectivity index (χ4n) is 1.81. The number of primary amides is 1. The van der Waals surface area contributed by atoms with Crippen molar-refractivity contribution < 1.29 is 32.3 Å². The summed E-state index contributed by atoms with van der Waals surface area (Å²) < 4.78 is 43.8. The van der Waals surface area contributed by atoms with Gasteiger partial charge in [-0.15, -0.1) is 0 Å². The Morgan fingerprint density at radius 3 is 2.44 bits per heavy atom. The molecular weight excluding hydrogens is 343 g/mol. The van der Waals surface area contributed by atoms with E-state index in [1.807, 2.05) is 5.32 Å². The predicted octanol–water partition coefficient (Wildman–Crippen LogP) is 1.81. The van der Waals surface area contributed by atoms with Crippen LogP contribution in [-0.2, 0) is 14.3 Å². The lowest BCUT2D eigenvalue weighted by molar-refractivity contribution is -0.147. The van der Waals surface area contributed by atoms with E-state index in [2.05, 4.69) is 10.1 Å². The first-order valence-electron chi connectivity index (χ1n) is 7.43. The van der Waals surface area contributed by atoms with Gasteiger partial charge >= 0.3 is 12.0 Å². The Bertz CT molecular complexity index is 641. The molecule has 0 aliphatic rings. The van der Waals surface area contributed by atoms with E-state index >= 15 is 0 Å². The van der Waals surface area contributed by atoms with Crippen LogP contribution in [0.25, 0.3) is 0 Å². The van der Waals surface area contributed by atoms with Crippen LogP contribution in [0.5, 0.6) is 0 Å². The summed E-state index contributed by atoms with van der Waals surface area (Å²) in [4.78, 5) is 33.4. The number of carbonyl (C=O) groups excluding carboxylic acids is 3. The van der Waals surface area contributed by atoms with Crippen LogP contribution in [0, 0.1) is 17.5 Å². The van der Waals surface area contributed by atoms with Crippen LogP contribution in [0.15, 0.2) is 12.1 Å². The highest BCUT2D eigenvalue weighted by Gasteiger charge is 2.16. The van der Waals surface area contributed by atoms with Crippen molar-refractivity contribution >= 4 is 23.6 Å². The summed E-state index contributed by atoms with van der Waals surface area (Å²) in [7, 11) is 0. The molecule has 4 N–H and O–H groups in total. The van der Waals surface area contributed by atoms with Crippen LogP contribution >= 0.6 is 0 Å². The first-order chi connectivity index (χ1) is 11.8. The second-order valence-corrected chi connectivity index (χ2v) is 5.03. The number of anilines is 1. The van der Waals surface area contributed by atoms with E-state index in [4.69, 9.17) is 5.73 Å². The number of unbranched alkanes of at least 4 members (excludes halogenated alkanes) is 2. The van der Waals surface area contributed by atoms with Gasteiger partial charge in [-0.1, -0.05) is 6.42 Å². The SMILES string of the molecule is NC(=O)NCCCCCC(=O)OCC(=O)Nc1ccc(F)c(F)c1F. The fourth-order valence-corrected chi connectivity index (χ4v) is 1.81. The van der Waals surface area contributed by atoms with Crippen LogP contribution in [0.1, 0.15) is 25.7 Å². The smallest absolute Gasteiger partial charge is 0.312 e. The lowest BCUT2D eigenvalue weighted by Crippen LogP contribution is -2.29. The van der Waals surface area contributed by atoms with E-state index in [9.17, 15) is 27.6 Å². The number of urea groups is 1. The van der Waals surface area contributed by atoms with Crippen molar-refractivity contribution in [1.29, 1.82) is 0 Å². The second-order valence-electron chi connectivity index (χ2n) is 5.03. The van der Waals surface area contributed by atoms with Gasteiger partial charge < -0.3 is 21.1 Å². The number of ether oxygens (including phenoxy) is 1. The van der Waals surface area contributed by atoms with Crippen LogP contribution in [0.3, 0.4) is 0 Å². The normalized spacial score (nSPS) is 10.2. The number of halogens is 3. The molecule has 0 atom stereocenters. The largest absolute Gasteiger partial charge is 0.456 e. The molecule has 0 unspecified atom stereocenters. The van der Waals surface area contributed by atoms with Crippen molar-refractivity contribution in [2.45, 2.75) is 25.7 Å². The molecule has 0 fully saturated rings. The number of hydrogen-bond acceptors (Lipinski definition) is 4. The highest BCUT2D eigenvalue weighted by molar-refractivity contribution is 5.92. The minimum absolute atomic E-state index is 0.0589. The Balaban J connectivity index is 2.24. The summed E-state index contributed by atoms with van der Waals surface area (Å²) in [6.45, 7) is -0.285. The molecule has 10 heteroatoms. The lowest BCUT2D eigenvalue weighted by atomic mass is 10.2. The molecule has 0 saturated heterocycles. The summed E-state index contributed by atoms with van der Waals surface area (Å²) in [6.07, 6.45) is 1.82. The van der Waals surface area contributed by atoms with E-state index in [1.54, 1.807) is 0 Å². The third-order valence-corrected chi connectivity index (χ3v) is 3.03. The first-order valence-corrected chi connectivity index (χ1v) is 7.43. The van der Waals surface area contributed by atoms with Crippen LogP contribution in [-0.4, -0.2) is 31.1 Å². The Morgan fingerprint density at radius 2 is 1.76 bits per heavy atom. The minimum atomic E-state index is -1.71. The molecule has 1 aromatic rings. The minimum Gasteiger partial charge on any atom is -0.456 e. The molecule has 25 heavy (non-hydrogen) atoms. The molecule has 3 amide bonds. The van der Waals surface area contributed by atoms with Crippen molar-refractivity contribution in [2.24, 2.45) is 5.73 Å². The molecule has 0 aliphatic carbocycles. The van der Waals surface area contributed by atoms with Crippen LogP contribution in [0.2, 0.25) is 0 Å². The van der Waals surface area contributed by atoms with E-state index < -0.39 is 47.7 Å². The molecular formula is C15H18F3N3O4. The molecule has 0 saturated carbocycles. The van der Waals surface area contributed by atoms with E-state index in [0.717, 1.165) is 6.07 Å². The second kappa shape index (κ2) is 10.2. The number of esters is 1. The van der Waals surface area contributed by atoms with Crippen molar-refractivity contribution in [1.82, 2.24) is 5.32 Å². The quantitative estimate of drug-likeness (QED) is 0.354. The van der Waals surface area contributed by atoms with Gasteiger partial charge in [-0.05, 0) is 25.0 Å². The maximum atomic E-state index is 13.4. The molecule has 138 valence electrons. The first kappa shape index (κ1) is 20.3. The Labute approximate surface area is 141 Å². The third-order valence-electron chi connectivity index (χ3n) is 3.03. The summed E-state index contributed by atoms with van der Waals surface area (Å²) in [5, 5.41) is 4.38. The average molecular weight is 361 g/mol. The number of rotatable bonds is 9.